The molecule has 3 saturated heterocycles. The molecule has 0 radical (unpaired) electrons. The van der Waals surface area contributed by atoms with Crippen LogP contribution in [0.15, 0.2) is 23.0 Å². The number of fused-ring (bicyclic) bond motifs is 1. The number of nitrogens with two attached hydrogens (primary N) is 1. The number of aryl methyl sites for hydroxylation is 1. The van der Waals surface area contributed by atoms with E-state index in [1.165, 1.54) is 41.6 Å². The zero-order chi connectivity index (χ0) is 29.5. The van der Waals surface area contributed by atoms with Crippen LogP contribution in [0.25, 0.3) is 16.8 Å². The van der Waals surface area contributed by atoms with Gasteiger partial charge in [0.1, 0.15) is 6.61 Å². The standard InChI is InChI=1S/C31H45N7O3S.W/c1-34-30-25(5-2-7-28(30)38(31(34)40)29(33)8-3-21-39)6-4-22-41-27-13-15-35(16-14-27)23-24-9-17-36(18-10-24)42-37-19-11-26(32)12-20-37;/h2,5,7,24,26-27,29,33H,3,8-20,22-23,32H2,1H3;/q-2;+2. The van der Waals surface area contributed by atoms with Crippen LogP contribution in [0, 0.1) is 17.8 Å². The number of para-hydroxylation sites is 1. The van der Waals surface area contributed by atoms with Crippen LogP contribution in [-0.2, 0) is 37.6 Å². The molecule has 0 spiro atoms. The van der Waals surface area contributed by atoms with Crippen LogP contribution in [0.4, 0.5) is 0 Å². The second-order valence-corrected chi connectivity index (χ2v) is 13.1. The fourth-order valence-electron chi connectivity index (χ4n) is 6.37. The molecule has 1 unspecified atom stereocenters. The number of piperidine rings is 3. The summed E-state index contributed by atoms with van der Waals surface area (Å²) >= 11 is 1.94. The molecule has 0 amide bonds. The van der Waals surface area contributed by atoms with E-state index in [1.807, 2.05) is 36.6 Å². The van der Waals surface area contributed by atoms with Gasteiger partial charge in [-0.25, -0.2) is 13.4 Å². The van der Waals surface area contributed by atoms with Gasteiger partial charge in [0, 0.05) is 71.0 Å². The van der Waals surface area contributed by atoms with Gasteiger partial charge in [-0.3, -0.25) is 10.9 Å². The molecule has 3 fully saturated rings. The normalized spacial score (nSPS) is 20.9. The smallest absolute Gasteiger partial charge is 0.657 e. The minimum Gasteiger partial charge on any atom is -0.657 e. The molecule has 3 aliphatic rings. The average Bonchev–Trinajstić information content (AvgIpc) is 3.27. The molecule has 2 aromatic rings. The Morgan fingerprint density at radius 3 is 2.42 bits per heavy atom. The van der Waals surface area contributed by atoms with Gasteiger partial charge >= 0.3 is 26.8 Å². The third-order valence-corrected chi connectivity index (χ3v) is 10.1. The topological polar surface area (TPSA) is 113 Å². The van der Waals surface area contributed by atoms with E-state index >= 15 is 0 Å². The van der Waals surface area contributed by atoms with E-state index in [0.29, 0.717) is 23.7 Å². The van der Waals surface area contributed by atoms with Gasteiger partial charge in [0.15, 0.2) is 0 Å². The van der Waals surface area contributed by atoms with Crippen molar-refractivity contribution in [3.63, 3.8) is 0 Å². The van der Waals surface area contributed by atoms with Crippen LogP contribution in [0.5, 0.6) is 0 Å². The molecule has 1 aromatic heterocycles. The third-order valence-electron chi connectivity index (χ3n) is 8.90. The van der Waals surface area contributed by atoms with Crippen LogP contribution >= 0.6 is 12.1 Å². The van der Waals surface area contributed by atoms with E-state index < -0.39 is 6.17 Å². The minimum absolute atomic E-state index is 0. The Morgan fingerprint density at radius 2 is 1.74 bits per heavy atom. The maximum atomic E-state index is 12.9. The predicted molar refractivity (Wildman–Crippen MR) is 168 cm³/mol. The summed E-state index contributed by atoms with van der Waals surface area (Å²) in [6, 6.07) is 5.96. The van der Waals surface area contributed by atoms with Crippen molar-refractivity contribution >= 4 is 29.5 Å². The van der Waals surface area contributed by atoms with Gasteiger partial charge in [-0.2, -0.15) is 6.42 Å². The summed E-state index contributed by atoms with van der Waals surface area (Å²) in [5.74, 6) is 7.12. The molecule has 1 aromatic carbocycles. The summed E-state index contributed by atoms with van der Waals surface area (Å²) in [6.45, 7) is 8.25. The van der Waals surface area contributed by atoms with Gasteiger partial charge in [0.25, 0.3) is 0 Å². The summed E-state index contributed by atoms with van der Waals surface area (Å²) in [4.78, 5) is 26.1. The number of ether oxygens (including phenoxy) is 1. The van der Waals surface area contributed by atoms with Gasteiger partial charge in [-0.15, -0.1) is 0 Å². The van der Waals surface area contributed by atoms with Crippen molar-refractivity contribution in [1.29, 1.82) is 0 Å². The Balaban J connectivity index is 0.00000423. The van der Waals surface area contributed by atoms with Crippen molar-refractivity contribution < 1.29 is 30.6 Å². The van der Waals surface area contributed by atoms with Crippen molar-refractivity contribution in [2.24, 2.45) is 18.7 Å². The number of rotatable bonds is 10. The summed E-state index contributed by atoms with van der Waals surface area (Å²) in [5, 5.41) is 0. The molecule has 3 N–H and O–H groups in total. The van der Waals surface area contributed by atoms with Crippen LogP contribution in [0.2, 0.25) is 0 Å². The number of carbonyl (C=O) groups excluding carboxylic acids is 1. The van der Waals surface area contributed by atoms with Crippen molar-refractivity contribution in [3.8, 4) is 11.8 Å². The third kappa shape index (κ3) is 9.05. The quantitative estimate of drug-likeness (QED) is 0.222. The molecular weight excluding hydrogens is 734 g/mol. The van der Waals surface area contributed by atoms with E-state index in [4.69, 9.17) is 16.2 Å². The van der Waals surface area contributed by atoms with E-state index in [2.05, 4.69) is 25.4 Å². The van der Waals surface area contributed by atoms with Crippen molar-refractivity contribution in [2.75, 3.05) is 52.4 Å². The second kappa shape index (κ2) is 16.7. The van der Waals surface area contributed by atoms with Crippen molar-refractivity contribution in [1.82, 2.24) is 22.6 Å². The van der Waals surface area contributed by atoms with Gasteiger partial charge in [0.2, 0.25) is 0 Å². The zero-order valence-electron chi connectivity index (χ0n) is 25.2. The number of nitrogens with zero attached hydrogens (tertiary/aromatic N) is 5. The Hall–Kier alpha value is -1.48. The molecule has 0 bridgehead atoms. The molecule has 43 heavy (non-hydrogen) atoms. The number of hydrogen-bond acceptors (Lipinski definition) is 8. The fourth-order valence-corrected chi connectivity index (χ4v) is 7.45. The Morgan fingerprint density at radius 1 is 1.07 bits per heavy atom. The molecular formula is C31H45N7O3SW. The number of benzene rings is 1. The molecule has 12 heteroatoms. The van der Waals surface area contributed by atoms with Crippen LogP contribution in [0.1, 0.15) is 63.1 Å². The van der Waals surface area contributed by atoms with E-state index in [0.717, 1.165) is 63.3 Å². The molecule has 3 aliphatic heterocycles. The SMILES string of the molecule is Cn1c(=O)n(C([NH-])CC[C-]=O)c2cccc(C#CCOC3CCN(CC4CCN(SN5CCC(N)CC5)CC4)CC3)c21.[W+2]. The number of aromatic nitrogens is 2. The van der Waals surface area contributed by atoms with Gasteiger partial charge < -0.3 is 30.5 Å². The number of nitrogens with one attached hydrogen (secondary N) is 1. The van der Waals surface area contributed by atoms with Crippen LogP contribution in [-0.4, -0.2) is 93.5 Å². The summed E-state index contributed by atoms with van der Waals surface area (Å²) in [6.07, 6.45) is 8.41. The van der Waals surface area contributed by atoms with E-state index in [9.17, 15) is 9.59 Å². The molecule has 234 valence electrons. The largest absolute Gasteiger partial charge is 2.00 e. The monoisotopic (exact) mass is 779 g/mol. The van der Waals surface area contributed by atoms with E-state index in [1.54, 1.807) is 7.05 Å². The first-order valence-corrected chi connectivity index (χ1v) is 16.2. The first-order chi connectivity index (χ1) is 20.4. The average molecular weight is 780 g/mol. The van der Waals surface area contributed by atoms with Crippen LogP contribution in [0.3, 0.4) is 0 Å². The Labute approximate surface area is 274 Å². The molecule has 0 aliphatic carbocycles. The molecule has 4 heterocycles. The molecule has 5 rings (SSSR count). The number of hydrogen-bond donors (Lipinski definition) is 1. The summed E-state index contributed by atoms with van der Waals surface area (Å²) < 4.78 is 14.1. The first-order valence-electron chi connectivity index (χ1n) is 15.5. The van der Waals surface area contributed by atoms with Gasteiger partial charge in [-0.05, 0) is 56.6 Å². The molecule has 0 saturated carbocycles. The molecule has 10 nitrogen and oxygen atoms in total. The summed E-state index contributed by atoms with van der Waals surface area (Å²) in [5.41, 5.74) is 16.2. The van der Waals surface area contributed by atoms with Crippen molar-refractivity contribution in [3.05, 3.63) is 40.0 Å². The predicted octanol–water partition coefficient (Wildman–Crippen LogP) is 3.31. The fraction of sp³-hybridized carbons (Fsp3) is 0.677. The first kappa shape index (κ1) is 34.4. The van der Waals surface area contributed by atoms with Crippen LogP contribution < -0.4 is 11.4 Å². The minimum atomic E-state index is -0.836. The van der Waals surface area contributed by atoms with Gasteiger partial charge in [0.05, 0.1) is 22.7 Å². The maximum absolute atomic E-state index is 12.9. The van der Waals surface area contributed by atoms with Gasteiger partial charge in [-0.1, -0.05) is 30.5 Å². The second-order valence-electron chi connectivity index (χ2n) is 11.9. The zero-order valence-corrected chi connectivity index (χ0v) is 29.0. The number of likely N-dealkylation sites (tertiary alicyclic amines) is 1. The Kier molecular flexibility index (Phi) is 13.4. The number of imidazole rings is 1. The Bertz CT molecular complexity index is 1300. The maximum Gasteiger partial charge on any atom is 2.00 e. The molecule has 1 atom stereocenters. The van der Waals surface area contributed by atoms with E-state index in [-0.39, 0.29) is 45.7 Å². The van der Waals surface area contributed by atoms with Crippen molar-refractivity contribution in [2.45, 2.75) is 69.7 Å². The summed E-state index contributed by atoms with van der Waals surface area (Å²) in [7, 11) is 1.70.